The van der Waals surface area contributed by atoms with Crippen molar-refractivity contribution in [2.24, 2.45) is 0 Å². The number of halogens is 1. The molecule has 1 saturated heterocycles. The molecule has 1 aromatic rings. The lowest BCUT2D eigenvalue weighted by atomic mass is 10.3. The summed E-state index contributed by atoms with van der Waals surface area (Å²) < 4.78 is 28.1. The van der Waals surface area contributed by atoms with Crippen molar-refractivity contribution in [3.63, 3.8) is 0 Å². The SMILES string of the molecule is O=C(NC(=S)N[C@@H]1CCS(=O)(=O)C1)c1ccc(Br)o1. The van der Waals surface area contributed by atoms with Gasteiger partial charge in [-0.05, 0) is 46.7 Å². The Morgan fingerprint density at radius 3 is 2.74 bits per heavy atom. The Balaban J connectivity index is 1.87. The highest BCUT2D eigenvalue weighted by Crippen LogP contribution is 2.14. The van der Waals surface area contributed by atoms with Crippen LogP contribution < -0.4 is 10.6 Å². The fourth-order valence-electron chi connectivity index (χ4n) is 1.73. The third-order valence-electron chi connectivity index (χ3n) is 2.59. The van der Waals surface area contributed by atoms with Crippen LogP contribution in [-0.2, 0) is 9.84 Å². The largest absolute Gasteiger partial charge is 0.444 e. The Labute approximate surface area is 124 Å². The van der Waals surface area contributed by atoms with Crippen LogP contribution in [0.4, 0.5) is 0 Å². The number of hydrogen-bond donors (Lipinski definition) is 2. The number of carbonyl (C=O) groups is 1. The molecule has 9 heteroatoms. The van der Waals surface area contributed by atoms with Crippen molar-refractivity contribution in [3.05, 3.63) is 22.6 Å². The minimum atomic E-state index is -2.98. The molecule has 0 unspecified atom stereocenters. The quantitative estimate of drug-likeness (QED) is 0.753. The molecular formula is C10H11BrN2O4S2. The molecule has 0 spiro atoms. The van der Waals surface area contributed by atoms with Gasteiger partial charge in [0.15, 0.2) is 25.4 Å². The molecule has 1 fully saturated rings. The van der Waals surface area contributed by atoms with Crippen LogP contribution in [-0.4, -0.2) is 37.0 Å². The summed E-state index contributed by atoms with van der Waals surface area (Å²) in [5.74, 6) is -0.180. The molecule has 1 amide bonds. The van der Waals surface area contributed by atoms with Crippen LogP contribution in [0.2, 0.25) is 0 Å². The van der Waals surface area contributed by atoms with E-state index >= 15 is 0 Å². The number of amides is 1. The molecule has 0 aromatic carbocycles. The highest BCUT2D eigenvalue weighted by molar-refractivity contribution is 9.10. The first-order valence-electron chi connectivity index (χ1n) is 5.43. The van der Waals surface area contributed by atoms with Crippen molar-refractivity contribution in [2.75, 3.05) is 11.5 Å². The monoisotopic (exact) mass is 366 g/mol. The molecule has 2 heterocycles. The second-order valence-electron chi connectivity index (χ2n) is 4.13. The summed E-state index contributed by atoms with van der Waals surface area (Å²) in [6, 6.07) is 2.85. The van der Waals surface area contributed by atoms with Crippen LogP contribution in [0.15, 0.2) is 21.2 Å². The van der Waals surface area contributed by atoms with Gasteiger partial charge in [-0.1, -0.05) is 0 Å². The maximum absolute atomic E-state index is 11.7. The van der Waals surface area contributed by atoms with Crippen LogP contribution >= 0.6 is 28.1 Å². The Hall–Kier alpha value is -0.930. The maximum atomic E-state index is 11.7. The first-order chi connectivity index (χ1) is 8.85. The van der Waals surface area contributed by atoms with Crippen molar-refractivity contribution in [1.29, 1.82) is 0 Å². The Bertz CT molecular complexity index is 611. The van der Waals surface area contributed by atoms with Gasteiger partial charge in [-0.3, -0.25) is 10.1 Å². The number of thiocarbonyl (C=S) groups is 1. The topological polar surface area (TPSA) is 88.4 Å². The molecule has 6 nitrogen and oxygen atoms in total. The normalized spacial score (nSPS) is 21.0. The van der Waals surface area contributed by atoms with E-state index in [4.69, 9.17) is 16.6 Å². The van der Waals surface area contributed by atoms with Gasteiger partial charge in [0, 0.05) is 6.04 Å². The predicted molar refractivity (Wildman–Crippen MR) is 76.7 cm³/mol. The van der Waals surface area contributed by atoms with Crippen LogP contribution in [0.1, 0.15) is 17.0 Å². The molecule has 1 aromatic heterocycles. The van der Waals surface area contributed by atoms with E-state index in [9.17, 15) is 13.2 Å². The summed E-state index contributed by atoms with van der Waals surface area (Å²) >= 11 is 8.05. The van der Waals surface area contributed by atoms with E-state index in [1.54, 1.807) is 6.07 Å². The van der Waals surface area contributed by atoms with Crippen molar-refractivity contribution < 1.29 is 17.6 Å². The summed E-state index contributed by atoms with van der Waals surface area (Å²) in [5, 5.41) is 5.34. The molecule has 2 N–H and O–H groups in total. The third-order valence-corrected chi connectivity index (χ3v) is 5.01. The van der Waals surface area contributed by atoms with E-state index in [-0.39, 0.29) is 28.4 Å². The fraction of sp³-hybridized carbons (Fsp3) is 0.400. The zero-order valence-electron chi connectivity index (χ0n) is 9.68. The third kappa shape index (κ3) is 4.02. The lowest BCUT2D eigenvalue weighted by Crippen LogP contribution is -2.44. The summed E-state index contributed by atoms with van der Waals surface area (Å²) in [4.78, 5) is 11.7. The predicted octanol–water partition coefficient (Wildman–Crippen LogP) is 0.834. The number of carbonyl (C=O) groups excluding carboxylic acids is 1. The lowest BCUT2D eigenvalue weighted by molar-refractivity contribution is 0.0948. The molecule has 1 aliphatic heterocycles. The van der Waals surface area contributed by atoms with Gasteiger partial charge in [0.25, 0.3) is 5.91 Å². The minimum Gasteiger partial charge on any atom is -0.444 e. The van der Waals surface area contributed by atoms with E-state index in [1.165, 1.54) is 6.07 Å². The van der Waals surface area contributed by atoms with Gasteiger partial charge in [-0.25, -0.2) is 8.42 Å². The number of furan rings is 1. The summed E-state index contributed by atoms with van der Waals surface area (Å²) in [6.45, 7) is 0. The van der Waals surface area contributed by atoms with Crippen molar-refractivity contribution in [2.45, 2.75) is 12.5 Å². The van der Waals surface area contributed by atoms with E-state index in [0.717, 1.165) is 0 Å². The van der Waals surface area contributed by atoms with Gasteiger partial charge < -0.3 is 9.73 Å². The Morgan fingerprint density at radius 1 is 1.47 bits per heavy atom. The van der Waals surface area contributed by atoms with Crippen molar-refractivity contribution >= 4 is 49.0 Å². The summed E-state index contributed by atoms with van der Waals surface area (Å²) in [5.41, 5.74) is 0. The van der Waals surface area contributed by atoms with Gasteiger partial charge in [0.1, 0.15) is 0 Å². The van der Waals surface area contributed by atoms with Gasteiger partial charge >= 0.3 is 0 Å². The van der Waals surface area contributed by atoms with Crippen molar-refractivity contribution in [1.82, 2.24) is 10.6 Å². The number of nitrogens with one attached hydrogen (secondary N) is 2. The zero-order chi connectivity index (χ0) is 14.0. The molecule has 0 aliphatic carbocycles. The van der Waals surface area contributed by atoms with Crippen LogP contribution in [0.3, 0.4) is 0 Å². The zero-order valence-corrected chi connectivity index (χ0v) is 12.9. The second-order valence-corrected chi connectivity index (χ2v) is 7.55. The molecule has 2 rings (SSSR count). The number of hydrogen-bond acceptors (Lipinski definition) is 5. The highest BCUT2D eigenvalue weighted by Gasteiger charge is 2.28. The van der Waals surface area contributed by atoms with E-state index in [0.29, 0.717) is 11.1 Å². The average molecular weight is 367 g/mol. The van der Waals surface area contributed by atoms with Crippen LogP contribution in [0.25, 0.3) is 0 Å². The first-order valence-corrected chi connectivity index (χ1v) is 8.45. The van der Waals surface area contributed by atoms with Gasteiger partial charge in [-0.15, -0.1) is 0 Å². The van der Waals surface area contributed by atoms with Crippen LogP contribution in [0.5, 0.6) is 0 Å². The second kappa shape index (κ2) is 5.59. The van der Waals surface area contributed by atoms with E-state index in [2.05, 4.69) is 26.6 Å². The van der Waals surface area contributed by atoms with Gasteiger partial charge in [-0.2, -0.15) is 0 Å². The molecular weight excluding hydrogens is 356 g/mol. The first kappa shape index (κ1) is 14.5. The molecule has 0 saturated carbocycles. The van der Waals surface area contributed by atoms with Gasteiger partial charge in [0.2, 0.25) is 0 Å². The van der Waals surface area contributed by atoms with Crippen molar-refractivity contribution in [3.8, 4) is 0 Å². The highest BCUT2D eigenvalue weighted by atomic mass is 79.9. The Kier molecular flexibility index (Phi) is 4.26. The minimum absolute atomic E-state index is 0.0370. The fourth-order valence-corrected chi connectivity index (χ4v) is 3.97. The lowest BCUT2D eigenvalue weighted by Gasteiger charge is -2.13. The summed E-state index contributed by atoms with van der Waals surface area (Å²) in [7, 11) is -2.98. The van der Waals surface area contributed by atoms with Gasteiger partial charge in [0.05, 0.1) is 11.5 Å². The standard InChI is InChI=1S/C10H11BrN2O4S2/c11-8-2-1-7(17-8)9(14)13-10(18)12-6-3-4-19(15,16)5-6/h1-2,6H,3-5H2,(H2,12,13,14,18)/t6-/m1/s1. The summed E-state index contributed by atoms with van der Waals surface area (Å²) in [6.07, 6.45) is 0.491. The molecule has 104 valence electrons. The maximum Gasteiger partial charge on any atom is 0.293 e. The molecule has 0 radical (unpaired) electrons. The molecule has 1 aliphatic rings. The Morgan fingerprint density at radius 2 is 2.21 bits per heavy atom. The smallest absolute Gasteiger partial charge is 0.293 e. The molecule has 1 atom stereocenters. The van der Waals surface area contributed by atoms with Crippen LogP contribution in [0, 0.1) is 0 Å². The van der Waals surface area contributed by atoms with E-state index < -0.39 is 15.7 Å². The molecule has 0 bridgehead atoms. The molecule has 19 heavy (non-hydrogen) atoms. The number of sulfone groups is 1. The average Bonchev–Trinajstić information content (AvgIpc) is 2.85. The van der Waals surface area contributed by atoms with E-state index in [1.807, 2.05) is 0 Å². The number of rotatable bonds is 2.